The Kier molecular flexibility index (Phi) is 3.57. The molecule has 0 aromatic carbocycles. The van der Waals surface area contributed by atoms with Crippen molar-refractivity contribution >= 4 is 17.2 Å². The highest BCUT2D eigenvalue weighted by Gasteiger charge is 2.23. The molecule has 1 aliphatic rings. The lowest BCUT2D eigenvalue weighted by molar-refractivity contribution is 0.425. The smallest absolute Gasteiger partial charge is 0.250 e. The van der Waals surface area contributed by atoms with Crippen LogP contribution in [0.3, 0.4) is 0 Å². The van der Waals surface area contributed by atoms with E-state index in [0.717, 1.165) is 25.7 Å². The van der Waals surface area contributed by atoms with Crippen molar-refractivity contribution in [1.82, 2.24) is 4.57 Å². The fourth-order valence-corrected chi connectivity index (χ4v) is 2.50. The molecule has 0 amide bonds. The summed E-state index contributed by atoms with van der Waals surface area (Å²) < 4.78 is 1.91. The van der Waals surface area contributed by atoms with Gasteiger partial charge in [-0.1, -0.05) is 32.1 Å². The van der Waals surface area contributed by atoms with Crippen LogP contribution in [0.4, 0.5) is 0 Å². The number of hydrogen-bond acceptors (Lipinski definition) is 2. The van der Waals surface area contributed by atoms with Crippen molar-refractivity contribution in [3.05, 3.63) is 33.7 Å². The van der Waals surface area contributed by atoms with E-state index < -0.39 is 0 Å². The first-order valence-electron chi connectivity index (χ1n) is 6.43. The van der Waals surface area contributed by atoms with Crippen molar-refractivity contribution in [3.8, 4) is 0 Å². The summed E-state index contributed by atoms with van der Waals surface area (Å²) in [6, 6.07) is 3.65. The van der Waals surface area contributed by atoms with Crippen LogP contribution in [0, 0.1) is 5.41 Å². The quantitative estimate of drug-likeness (QED) is 0.847. The Labute approximate surface area is 113 Å². The molecular formula is C14H20N2OS. The highest BCUT2D eigenvalue weighted by molar-refractivity contribution is 7.80. The summed E-state index contributed by atoms with van der Waals surface area (Å²) >= 11 is 5.07. The Morgan fingerprint density at radius 1 is 1.44 bits per heavy atom. The zero-order chi connectivity index (χ0) is 13.3. The van der Waals surface area contributed by atoms with Crippen molar-refractivity contribution in [2.75, 3.05) is 0 Å². The van der Waals surface area contributed by atoms with Crippen LogP contribution in [0.15, 0.2) is 16.9 Å². The molecule has 0 aliphatic heterocycles. The van der Waals surface area contributed by atoms with Gasteiger partial charge in [0, 0.05) is 23.7 Å². The number of hydrogen-bond donors (Lipinski definition) is 1. The molecule has 0 atom stereocenters. The van der Waals surface area contributed by atoms with Crippen LogP contribution < -0.4 is 11.3 Å². The Morgan fingerprint density at radius 2 is 2.17 bits per heavy atom. The second-order valence-corrected chi connectivity index (χ2v) is 6.09. The van der Waals surface area contributed by atoms with Crippen LogP contribution in [0.25, 0.3) is 0 Å². The number of fused-ring (bicyclic) bond motifs is 1. The van der Waals surface area contributed by atoms with Crippen molar-refractivity contribution in [2.45, 2.75) is 46.1 Å². The predicted molar refractivity (Wildman–Crippen MR) is 77.9 cm³/mol. The number of rotatable bonds is 4. The first kappa shape index (κ1) is 13.3. The van der Waals surface area contributed by atoms with E-state index in [0.29, 0.717) is 11.5 Å². The van der Waals surface area contributed by atoms with Crippen molar-refractivity contribution < 1.29 is 0 Å². The molecule has 18 heavy (non-hydrogen) atoms. The molecule has 0 radical (unpaired) electrons. The largest absolute Gasteiger partial charge is 0.393 e. The minimum Gasteiger partial charge on any atom is -0.393 e. The second-order valence-electron chi connectivity index (χ2n) is 5.65. The molecule has 1 aliphatic carbocycles. The average Bonchev–Trinajstić information content (AvgIpc) is 2.75. The average molecular weight is 264 g/mol. The molecule has 0 saturated heterocycles. The summed E-state index contributed by atoms with van der Waals surface area (Å²) in [5.74, 6) is 0. The molecule has 0 unspecified atom stereocenters. The fourth-order valence-electron chi connectivity index (χ4n) is 2.39. The van der Waals surface area contributed by atoms with E-state index in [1.165, 1.54) is 11.3 Å². The molecule has 2 rings (SSSR count). The van der Waals surface area contributed by atoms with Crippen molar-refractivity contribution in [3.63, 3.8) is 0 Å². The van der Waals surface area contributed by atoms with E-state index in [-0.39, 0.29) is 11.0 Å². The van der Waals surface area contributed by atoms with Gasteiger partial charge < -0.3 is 10.3 Å². The maximum Gasteiger partial charge on any atom is 0.250 e. The third-order valence-electron chi connectivity index (χ3n) is 3.88. The van der Waals surface area contributed by atoms with Gasteiger partial charge in [-0.15, -0.1) is 0 Å². The van der Waals surface area contributed by atoms with Crippen LogP contribution in [0.1, 0.15) is 37.9 Å². The molecule has 0 fully saturated rings. The Balaban J connectivity index is 2.23. The first-order valence-corrected chi connectivity index (χ1v) is 6.84. The number of nitrogens with zero attached hydrogens (tertiary/aromatic N) is 1. The van der Waals surface area contributed by atoms with Crippen LogP contribution in [-0.2, 0) is 19.4 Å². The van der Waals surface area contributed by atoms with Gasteiger partial charge in [-0.2, -0.15) is 0 Å². The van der Waals surface area contributed by atoms with Gasteiger partial charge in [0.1, 0.15) is 0 Å². The molecule has 0 saturated carbocycles. The number of aryl methyl sites for hydroxylation is 1. The van der Waals surface area contributed by atoms with Gasteiger partial charge >= 0.3 is 0 Å². The molecule has 3 nitrogen and oxygen atoms in total. The van der Waals surface area contributed by atoms with Gasteiger partial charge in [-0.25, -0.2) is 0 Å². The zero-order valence-corrected chi connectivity index (χ0v) is 11.8. The summed E-state index contributed by atoms with van der Waals surface area (Å²) in [5.41, 5.74) is 8.15. The molecule has 1 aromatic heterocycles. The lowest BCUT2D eigenvalue weighted by atomic mass is 9.89. The first-order chi connectivity index (χ1) is 8.42. The van der Waals surface area contributed by atoms with Gasteiger partial charge in [0.15, 0.2) is 0 Å². The summed E-state index contributed by atoms with van der Waals surface area (Å²) in [7, 11) is 0. The molecule has 1 heterocycles. The van der Waals surface area contributed by atoms with Gasteiger partial charge in [0.2, 0.25) is 0 Å². The predicted octanol–water partition coefficient (Wildman–Crippen LogP) is 2.04. The van der Waals surface area contributed by atoms with Crippen LogP contribution in [-0.4, -0.2) is 9.56 Å². The minimum atomic E-state index is -0.198. The van der Waals surface area contributed by atoms with Crippen molar-refractivity contribution in [2.24, 2.45) is 11.1 Å². The van der Waals surface area contributed by atoms with E-state index in [9.17, 15) is 4.79 Å². The molecule has 0 bridgehead atoms. The highest BCUT2D eigenvalue weighted by atomic mass is 32.1. The van der Waals surface area contributed by atoms with Crippen LogP contribution in [0.5, 0.6) is 0 Å². The van der Waals surface area contributed by atoms with Gasteiger partial charge in [-0.3, -0.25) is 4.79 Å². The monoisotopic (exact) mass is 264 g/mol. The standard InChI is InChI=1S/C14H20N2OS/c1-14(2,13(15)18)8-9-16-11-5-3-4-10(11)6-7-12(16)17/h6-7H,3-5,8-9H2,1-2H3,(H2,15,18). The molecule has 0 spiro atoms. The van der Waals surface area contributed by atoms with E-state index >= 15 is 0 Å². The molecular weight excluding hydrogens is 244 g/mol. The molecule has 4 heteroatoms. The maximum absolute atomic E-state index is 12.0. The van der Waals surface area contributed by atoms with Gasteiger partial charge in [0.25, 0.3) is 5.56 Å². The van der Waals surface area contributed by atoms with E-state index in [1.807, 2.05) is 24.5 Å². The topological polar surface area (TPSA) is 48.0 Å². The molecule has 1 aromatic rings. The third kappa shape index (κ3) is 2.48. The zero-order valence-electron chi connectivity index (χ0n) is 11.0. The summed E-state index contributed by atoms with van der Waals surface area (Å²) in [6.07, 6.45) is 4.06. The summed E-state index contributed by atoms with van der Waals surface area (Å²) in [4.78, 5) is 12.5. The summed E-state index contributed by atoms with van der Waals surface area (Å²) in [5, 5.41) is 0. The molecule has 98 valence electrons. The van der Waals surface area contributed by atoms with E-state index in [2.05, 4.69) is 0 Å². The summed E-state index contributed by atoms with van der Waals surface area (Å²) in [6.45, 7) is 4.76. The molecule has 2 N–H and O–H groups in total. The number of nitrogens with two attached hydrogens (primary N) is 1. The van der Waals surface area contributed by atoms with Crippen LogP contribution >= 0.6 is 12.2 Å². The second kappa shape index (κ2) is 4.84. The number of pyridine rings is 1. The number of aromatic nitrogens is 1. The van der Waals surface area contributed by atoms with Crippen molar-refractivity contribution in [1.29, 1.82) is 0 Å². The van der Waals surface area contributed by atoms with Crippen LogP contribution in [0.2, 0.25) is 0 Å². The third-order valence-corrected chi connectivity index (χ3v) is 4.43. The lowest BCUT2D eigenvalue weighted by Crippen LogP contribution is -2.33. The SMILES string of the molecule is CC(C)(CCn1c2c(ccc1=O)CCC2)C(N)=S. The Bertz CT molecular complexity index is 531. The normalized spacial score (nSPS) is 14.6. The minimum absolute atomic E-state index is 0.0920. The highest BCUT2D eigenvalue weighted by Crippen LogP contribution is 2.24. The fraction of sp³-hybridized carbons (Fsp3) is 0.571. The number of thiocarbonyl (C=S) groups is 1. The van der Waals surface area contributed by atoms with Gasteiger partial charge in [0.05, 0.1) is 4.99 Å². The van der Waals surface area contributed by atoms with E-state index in [4.69, 9.17) is 18.0 Å². The Hall–Kier alpha value is -1.16. The van der Waals surface area contributed by atoms with Gasteiger partial charge in [-0.05, 0) is 31.2 Å². The maximum atomic E-state index is 12.0. The Morgan fingerprint density at radius 3 is 2.83 bits per heavy atom. The van der Waals surface area contributed by atoms with E-state index in [1.54, 1.807) is 6.07 Å². The lowest BCUT2D eigenvalue weighted by Gasteiger charge is -2.24.